The first kappa shape index (κ1) is 11.5. The van der Waals surface area contributed by atoms with E-state index in [1.165, 1.54) is 0 Å². The summed E-state index contributed by atoms with van der Waals surface area (Å²) in [5, 5.41) is 18.5. The van der Waals surface area contributed by atoms with Crippen LogP contribution in [-0.2, 0) is 4.79 Å². The van der Waals surface area contributed by atoms with Crippen LogP contribution in [0.2, 0.25) is 0 Å². The molecule has 0 amide bonds. The highest BCUT2D eigenvalue weighted by Gasteiger charge is 2.37. The van der Waals surface area contributed by atoms with Crippen molar-refractivity contribution in [3.8, 4) is 0 Å². The molecule has 0 aromatic carbocycles. The molecule has 0 aromatic heterocycles. The molecule has 1 aliphatic rings. The van der Waals surface area contributed by atoms with Crippen LogP contribution in [0.15, 0.2) is 0 Å². The average molecular weight is 201 g/mol. The van der Waals surface area contributed by atoms with Crippen molar-refractivity contribution in [2.45, 2.75) is 38.8 Å². The Balaban J connectivity index is 2.56. The molecule has 2 atom stereocenters. The van der Waals surface area contributed by atoms with Gasteiger partial charge >= 0.3 is 5.97 Å². The molecule has 4 heteroatoms. The number of carboxylic acids is 1. The number of carboxylic acid groups (broad SMARTS) is 1. The third-order valence-corrected chi connectivity index (χ3v) is 2.79. The highest BCUT2D eigenvalue weighted by Crippen LogP contribution is 2.25. The molecule has 0 radical (unpaired) electrons. The Labute approximate surface area is 84.5 Å². The van der Waals surface area contributed by atoms with Gasteiger partial charge < -0.3 is 10.2 Å². The quantitative estimate of drug-likeness (QED) is 0.700. The molecule has 2 N–H and O–H groups in total. The maximum atomic E-state index is 10.8. The Bertz CT molecular complexity index is 222. The van der Waals surface area contributed by atoms with Crippen molar-refractivity contribution < 1.29 is 15.0 Å². The summed E-state index contributed by atoms with van der Waals surface area (Å²) in [5.41, 5.74) is -0.748. The molecule has 0 spiro atoms. The van der Waals surface area contributed by atoms with Crippen LogP contribution in [0.25, 0.3) is 0 Å². The van der Waals surface area contributed by atoms with Gasteiger partial charge in [-0.05, 0) is 33.7 Å². The van der Waals surface area contributed by atoms with Gasteiger partial charge in [0, 0.05) is 12.6 Å². The summed E-state index contributed by atoms with van der Waals surface area (Å²) in [6.07, 6.45) is 0.687. The first-order valence-electron chi connectivity index (χ1n) is 5.00. The normalized spacial score (nSPS) is 29.4. The summed E-state index contributed by atoms with van der Waals surface area (Å²) in [4.78, 5) is 12.9. The molecule has 1 heterocycles. The molecule has 1 saturated heterocycles. The van der Waals surface area contributed by atoms with Crippen LogP contribution in [0.3, 0.4) is 0 Å². The minimum atomic E-state index is -0.748. The van der Waals surface area contributed by atoms with E-state index >= 15 is 0 Å². The lowest BCUT2D eigenvalue weighted by molar-refractivity contribution is -0.142. The van der Waals surface area contributed by atoms with Crippen LogP contribution in [0.4, 0.5) is 0 Å². The number of rotatable bonds is 3. The van der Waals surface area contributed by atoms with E-state index in [9.17, 15) is 9.90 Å². The zero-order chi connectivity index (χ0) is 10.9. The molecule has 4 nitrogen and oxygen atoms in total. The highest BCUT2D eigenvalue weighted by molar-refractivity contribution is 5.71. The van der Waals surface area contributed by atoms with Crippen molar-refractivity contribution in [2.75, 3.05) is 13.1 Å². The largest absolute Gasteiger partial charge is 0.481 e. The van der Waals surface area contributed by atoms with Crippen LogP contribution >= 0.6 is 0 Å². The van der Waals surface area contributed by atoms with Crippen LogP contribution in [0, 0.1) is 5.92 Å². The van der Waals surface area contributed by atoms with Gasteiger partial charge in [-0.15, -0.1) is 0 Å². The molecule has 0 bridgehead atoms. The first-order valence-corrected chi connectivity index (χ1v) is 5.00. The Morgan fingerprint density at radius 3 is 2.50 bits per heavy atom. The van der Waals surface area contributed by atoms with Gasteiger partial charge in [0.15, 0.2) is 0 Å². The smallest absolute Gasteiger partial charge is 0.308 e. The minimum absolute atomic E-state index is 0.0268. The second-order valence-corrected chi connectivity index (χ2v) is 4.76. The van der Waals surface area contributed by atoms with Crippen molar-refractivity contribution >= 4 is 5.97 Å². The van der Waals surface area contributed by atoms with Crippen molar-refractivity contribution in [2.24, 2.45) is 5.92 Å². The SMILES string of the molecule is CC1C(C(=O)O)CCN1CC(C)(C)O. The van der Waals surface area contributed by atoms with E-state index in [1.807, 2.05) is 11.8 Å². The number of carbonyl (C=O) groups is 1. The van der Waals surface area contributed by atoms with Gasteiger partial charge in [0.2, 0.25) is 0 Å². The van der Waals surface area contributed by atoms with Gasteiger partial charge in [0.05, 0.1) is 11.5 Å². The van der Waals surface area contributed by atoms with Crippen molar-refractivity contribution in [1.29, 1.82) is 0 Å². The Morgan fingerprint density at radius 2 is 2.14 bits per heavy atom. The van der Waals surface area contributed by atoms with Gasteiger partial charge in [-0.3, -0.25) is 9.69 Å². The van der Waals surface area contributed by atoms with Crippen molar-refractivity contribution in [3.63, 3.8) is 0 Å². The lowest BCUT2D eigenvalue weighted by Crippen LogP contribution is -2.42. The number of aliphatic hydroxyl groups is 1. The minimum Gasteiger partial charge on any atom is -0.481 e. The van der Waals surface area contributed by atoms with Gasteiger partial charge in [0.25, 0.3) is 0 Å². The van der Waals surface area contributed by atoms with E-state index in [-0.39, 0.29) is 12.0 Å². The summed E-state index contributed by atoms with van der Waals surface area (Å²) in [6.45, 7) is 6.71. The number of β-amino-alcohol motifs (C(OH)–C–C–N with tert-alkyl or cyclic N) is 1. The summed E-state index contributed by atoms with van der Waals surface area (Å²) in [6, 6.07) is 0.0268. The average Bonchev–Trinajstić information content (AvgIpc) is 2.29. The monoisotopic (exact) mass is 201 g/mol. The van der Waals surface area contributed by atoms with E-state index in [1.54, 1.807) is 13.8 Å². The van der Waals surface area contributed by atoms with Gasteiger partial charge in [0.1, 0.15) is 0 Å². The molecule has 1 rings (SSSR count). The van der Waals surface area contributed by atoms with Crippen LogP contribution in [0.1, 0.15) is 27.2 Å². The first-order chi connectivity index (χ1) is 6.31. The maximum absolute atomic E-state index is 10.8. The number of hydrogen-bond donors (Lipinski definition) is 2. The van der Waals surface area contributed by atoms with E-state index in [2.05, 4.69) is 0 Å². The molecule has 1 fully saturated rings. The fraction of sp³-hybridized carbons (Fsp3) is 0.900. The molecule has 2 unspecified atom stereocenters. The van der Waals surface area contributed by atoms with E-state index in [0.717, 1.165) is 6.54 Å². The predicted octanol–water partition coefficient (Wildman–Crippen LogP) is 0.552. The van der Waals surface area contributed by atoms with Crippen molar-refractivity contribution in [3.05, 3.63) is 0 Å². The fourth-order valence-electron chi connectivity index (χ4n) is 2.05. The topological polar surface area (TPSA) is 60.8 Å². The second kappa shape index (κ2) is 3.87. The van der Waals surface area contributed by atoms with Gasteiger partial charge in [-0.2, -0.15) is 0 Å². The molecule has 1 aliphatic heterocycles. The molecule has 14 heavy (non-hydrogen) atoms. The molecular formula is C10H19NO3. The van der Waals surface area contributed by atoms with Crippen LogP contribution < -0.4 is 0 Å². The van der Waals surface area contributed by atoms with Crippen LogP contribution in [-0.4, -0.2) is 45.8 Å². The number of likely N-dealkylation sites (tertiary alicyclic amines) is 1. The van der Waals surface area contributed by atoms with E-state index in [0.29, 0.717) is 13.0 Å². The highest BCUT2D eigenvalue weighted by atomic mass is 16.4. The zero-order valence-electron chi connectivity index (χ0n) is 9.03. The molecular weight excluding hydrogens is 182 g/mol. The summed E-state index contributed by atoms with van der Waals surface area (Å²) >= 11 is 0. The number of aliphatic carboxylic acids is 1. The third-order valence-electron chi connectivity index (χ3n) is 2.79. The van der Waals surface area contributed by atoms with Crippen LogP contribution in [0.5, 0.6) is 0 Å². The summed E-state index contributed by atoms with van der Waals surface area (Å²) in [7, 11) is 0. The molecule has 0 aliphatic carbocycles. The standard InChI is InChI=1S/C10H19NO3/c1-7-8(9(12)13)4-5-11(7)6-10(2,3)14/h7-8,14H,4-6H2,1-3H3,(H,12,13). The molecule has 82 valence electrons. The Hall–Kier alpha value is -0.610. The Morgan fingerprint density at radius 1 is 1.57 bits per heavy atom. The van der Waals surface area contributed by atoms with Gasteiger partial charge in [-0.25, -0.2) is 0 Å². The van der Waals surface area contributed by atoms with E-state index < -0.39 is 11.6 Å². The van der Waals surface area contributed by atoms with Gasteiger partial charge in [-0.1, -0.05) is 0 Å². The maximum Gasteiger partial charge on any atom is 0.308 e. The number of hydrogen-bond acceptors (Lipinski definition) is 3. The molecule has 0 aromatic rings. The zero-order valence-corrected chi connectivity index (χ0v) is 9.03. The summed E-state index contributed by atoms with van der Waals surface area (Å²) < 4.78 is 0. The summed E-state index contributed by atoms with van der Waals surface area (Å²) in [5.74, 6) is -1.01. The Kier molecular flexibility index (Phi) is 3.17. The lowest BCUT2D eigenvalue weighted by Gasteiger charge is -2.29. The molecule has 0 saturated carbocycles. The van der Waals surface area contributed by atoms with E-state index in [4.69, 9.17) is 5.11 Å². The second-order valence-electron chi connectivity index (χ2n) is 4.76. The third kappa shape index (κ3) is 2.69. The number of nitrogens with zero attached hydrogens (tertiary/aromatic N) is 1. The van der Waals surface area contributed by atoms with Crippen molar-refractivity contribution in [1.82, 2.24) is 4.90 Å². The fourth-order valence-corrected chi connectivity index (χ4v) is 2.05. The predicted molar refractivity (Wildman–Crippen MR) is 53.1 cm³/mol. The lowest BCUT2D eigenvalue weighted by atomic mass is 10.0.